The van der Waals surface area contributed by atoms with Gasteiger partial charge < -0.3 is 5.11 Å². The summed E-state index contributed by atoms with van der Waals surface area (Å²) in [6.07, 6.45) is 2.04. The lowest BCUT2D eigenvalue weighted by Crippen LogP contribution is -2.28. The molecule has 0 aliphatic rings. The van der Waals surface area contributed by atoms with Gasteiger partial charge in [-0.05, 0) is 32.6 Å². The van der Waals surface area contributed by atoms with Crippen molar-refractivity contribution >= 4 is 17.3 Å². The maximum absolute atomic E-state index is 11.1. The zero-order chi connectivity index (χ0) is 12.3. The Bertz CT molecular complexity index is 369. The lowest BCUT2D eigenvalue weighted by molar-refractivity contribution is -0.142. The monoisotopic (exact) mass is 241 g/mol. The van der Waals surface area contributed by atoms with Crippen LogP contribution < -0.4 is 0 Å². The van der Waals surface area contributed by atoms with Crippen LogP contribution in [0.2, 0.25) is 0 Å². The summed E-state index contributed by atoms with van der Waals surface area (Å²) in [6.45, 7) is 7.73. The molecule has 0 unspecified atom stereocenters. The second-order valence-corrected chi connectivity index (χ2v) is 5.93. The first-order valence-electron chi connectivity index (χ1n) is 5.52. The molecule has 1 heterocycles. The minimum Gasteiger partial charge on any atom is -0.481 e. The Hall–Kier alpha value is -0.900. The Balaban J connectivity index is 2.75. The van der Waals surface area contributed by atoms with Gasteiger partial charge in [0.1, 0.15) is 5.41 Å². The predicted octanol–water partition coefficient (Wildman–Crippen LogP) is 3.09. The molecule has 0 saturated heterocycles. The van der Waals surface area contributed by atoms with Crippen molar-refractivity contribution in [1.82, 2.24) is 4.98 Å². The minimum atomic E-state index is -0.882. The van der Waals surface area contributed by atoms with E-state index in [-0.39, 0.29) is 0 Å². The van der Waals surface area contributed by atoms with Crippen LogP contribution in [0.4, 0.5) is 0 Å². The van der Waals surface area contributed by atoms with Crippen molar-refractivity contribution in [3.05, 3.63) is 16.1 Å². The van der Waals surface area contributed by atoms with Crippen molar-refractivity contribution in [3.63, 3.8) is 0 Å². The quantitative estimate of drug-likeness (QED) is 0.861. The van der Waals surface area contributed by atoms with E-state index in [0.29, 0.717) is 11.6 Å². The average molecular weight is 241 g/mol. The molecular formula is C12H19NO2S. The first-order chi connectivity index (χ1) is 7.34. The van der Waals surface area contributed by atoms with Gasteiger partial charge in [0.2, 0.25) is 0 Å². The van der Waals surface area contributed by atoms with E-state index >= 15 is 0 Å². The Morgan fingerprint density at radius 2 is 2.19 bits per heavy atom. The van der Waals surface area contributed by atoms with Crippen LogP contribution in [0.25, 0.3) is 0 Å². The molecule has 0 radical (unpaired) electrons. The van der Waals surface area contributed by atoms with Crippen molar-refractivity contribution in [2.75, 3.05) is 0 Å². The number of aliphatic carboxylic acids is 1. The Labute approximate surface area is 101 Å². The molecule has 0 bridgehead atoms. The molecule has 90 valence electrons. The summed E-state index contributed by atoms with van der Waals surface area (Å²) in [6, 6.07) is 0. The molecule has 1 aromatic heterocycles. The summed E-state index contributed by atoms with van der Waals surface area (Å²) in [7, 11) is 0. The van der Waals surface area contributed by atoms with E-state index in [2.05, 4.69) is 18.8 Å². The minimum absolute atomic E-state index is 0.653. The molecule has 0 fully saturated rings. The molecule has 3 nitrogen and oxygen atoms in total. The van der Waals surface area contributed by atoms with Crippen LogP contribution in [-0.2, 0) is 16.6 Å². The van der Waals surface area contributed by atoms with E-state index in [1.54, 1.807) is 25.2 Å². The van der Waals surface area contributed by atoms with Crippen LogP contribution in [0.5, 0.6) is 0 Å². The number of rotatable bonds is 5. The number of hydrogen-bond acceptors (Lipinski definition) is 3. The van der Waals surface area contributed by atoms with Crippen LogP contribution >= 0.6 is 11.3 Å². The largest absolute Gasteiger partial charge is 0.481 e. The van der Waals surface area contributed by atoms with Gasteiger partial charge in [-0.2, -0.15) is 0 Å². The molecule has 0 atom stereocenters. The fraction of sp³-hybridized carbons (Fsp3) is 0.667. The normalized spacial score (nSPS) is 12.1. The molecule has 0 aliphatic carbocycles. The first-order valence-corrected chi connectivity index (χ1v) is 6.40. The van der Waals surface area contributed by atoms with Crippen LogP contribution in [0.15, 0.2) is 5.38 Å². The zero-order valence-electron chi connectivity index (χ0n) is 10.3. The molecule has 0 saturated carbocycles. The van der Waals surface area contributed by atoms with Crippen molar-refractivity contribution in [2.45, 2.75) is 46.0 Å². The van der Waals surface area contributed by atoms with Gasteiger partial charge in [-0.1, -0.05) is 13.8 Å². The molecule has 16 heavy (non-hydrogen) atoms. The number of hydrogen-bond donors (Lipinski definition) is 1. The van der Waals surface area contributed by atoms with Crippen LogP contribution in [0, 0.1) is 5.92 Å². The lowest BCUT2D eigenvalue weighted by Gasteiger charge is -2.15. The number of aromatic nitrogens is 1. The second-order valence-electron chi connectivity index (χ2n) is 4.99. The van der Waals surface area contributed by atoms with Gasteiger partial charge in [0.05, 0.1) is 10.7 Å². The smallest absolute Gasteiger partial charge is 0.315 e. The van der Waals surface area contributed by atoms with E-state index in [9.17, 15) is 4.79 Å². The Kier molecular flexibility index (Phi) is 4.08. The van der Waals surface area contributed by atoms with Crippen molar-refractivity contribution in [3.8, 4) is 0 Å². The SMILES string of the molecule is CC(C)CCc1nc(C(C)(C)C(=O)O)cs1. The number of nitrogens with zero attached hydrogens (tertiary/aromatic N) is 1. The van der Waals surface area contributed by atoms with E-state index in [4.69, 9.17) is 5.11 Å². The summed E-state index contributed by atoms with van der Waals surface area (Å²) in [5.41, 5.74) is -0.212. The molecular weight excluding hydrogens is 222 g/mol. The third-order valence-electron chi connectivity index (χ3n) is 2.66. The number of thiazole rings is 1. The van der Waals surface area contributed by atoms with Crippen LogP contribution in [0.1, 0.15) is 44.8 Å². The molecule has 1 aromatic rings. The Morgan fingerprint density at radius 1 is 1.56 bits per heavy atom. The summed E-state index contributed by atoms with van der Waals surface area (Å²) in [5.74, 6) is -0.173. The highest BCUT2D eigenvalue weighted by atomic mass is 32.1. The van der Waals surface area contributed by atoms with Crippen molar-refractivity contribution in [1.29, 1.82) is 0 Å². The van der Waals surface area contributed by atoms with Crippen LogP contribution in [-0.4, -0.2) is 16.1 Å². The topological polar surface area (TPSA) is 50.2 Å². The highest BCUT2D eigenvalue weighted by molar-refractivity contribution is 7.09. The third-order valence-corrected chi connectivity index (χ3v) is 3.57. The second kappa shape index (κ2) is 4.95. The summed E-state index contributed by atoms with van der Waals surface area (Å²) in [5, 5.41) is 12.0. The highest BCUT2D eigenvalue weighted by Crippen LogP contribution is 2.25. The van der Waals surface area contributed by atoms with Crippen LogP contribution in [0.3, 0.4) is 0 Å². The lowest BCUT2D eigenvalue weighted by atomic mass is 9.90. The summed E-state index contributed by atoms with van der Waals surface area (Å²) >= 11 is 1.56. The maximum atomic E-state index is 11.1. The number of aryl methyl sites for hydroxylation is 1. The Morgan fingerprint density at radius 3 is 2.69 bits per heavy atom. The molecule has 1 rings (SSSR count). The predicted molar refractivity (Wildman–Crippen MR) is 65.9 cm³/mol. The number of carbonyl (C=O) groups is 1. The van der Waals surface area contributed by atoms with Gasteiger partial charge in [0.25, 0.3) is 0 Å². The summed E-state index contributed by atoms with van der Waals surface area (Å²) < 4.78 is 0. The molecule has 1 N–H and O–H groups in total. The molecule has 0 amide bonds. The molecule has 0 spiro atoms. The standard InChI is InChI=1S/C12H19NO2S/c1-8(2)5-6-10-13-9(7-16-10)12(3,4)11(14)15/h7-8H,5-6H2,1-4H3,(H,14,15). The molecule has 0 aromatic carbocycles. The van der Waals surface area contributed by atoms with Crippen molar-refractivity contribution in [2.24, 2.45) is 5.92 Å². The van der Waals surface area contributed by atoms with E-state index in [1.807, 2.05) is 5.38 Å². The van der Waals surface area contributed by atoms with Gasteiger partial charge >= 0.3 is 5.97 Å². The summed E-state index contributed by atoms with van der Waals surface area (Å²) in [4.78, 5) is 15.5. The third kappa shape index (κ3) is 3.04. The van der Waals surface area contributed by atoms with Gasteiger partial charge in [0, 0.05) is 5.38 Å². The van der Waals surface area contributed by atoms with Gasteiger partial charge in [-0.25, -0.2) is 4.98 Å². The molecule has 0 aliphatic heterocycles. The van der Waals surface area contributed by atoms with Gasteiger partial charge in [-0.15, -0.1) is 11.3 Å². The van der Waals surface area contributed by atoms with Crippen molar-refractivity contribution < 1.29 is 9.90 Å². The van der Waals surface area contributed by atoms with E-state index in [1.165, 1.54) is 0 Å². The number of carboxylic acids is 1. The van der Waals surface area contributed by atoms with E-state index < -0.39 is 11.4 Å². The molecule has 4 heteroatoms. The maximum Gasteiger partial charge on any atom is 0.315 e. The average Bonchev–Trinajstić information content (AvgIpc) is 2.63. The number of carboxylic acid groups (broad SMARTS) is 1. The van der Waals surface area contributed by atoms with E-state index in [0.717, 1.165) is 17.8 Å². The fourth-order valence-corrected chi connectivity index (χ4v) is 2.22. The highest BCUT2D eigenvalue weighted by Gasteiger charge is 2.31. The fourth-order valence-electron chi connectivity index (χ4n) is 1.23. The van der Waals surface area contributed by atoms with Gasteiger partial charge in [-0.3, -0.25) is 4.79 Å². The zero-order valence-corrected chi connectivity index (χ0v) is 11.1. The first kappa shape index (κ1) is 13.2. The van der Waals surface area contributed by atoms with Gasteiger partial charge in [0.15, 0.2) is 0 Å².